The first kappa shape index (κ1) is 14.3. The van der Waals surface area contributed by atoms with E-state index in [0.29, 0.717) is 0 Å². The molecule has 17 heavy (non-hydrogen) atoms. The van der Waals surface area contributed by atoms with Crippen molar-refractivity contribution in [3.8, 4) is 0 Å². The molecule has 1 N–H and O–H groups in total. The number of carbonyl (C=O) groups excluding carboxylic acids is 1. The van der Waals surface area contributed by atoms with Gasteiger partial charge < -0.3 is 10.1 Å². The van der Waals surface area contributed by atoms with Gasteiger partial charge in [-0.05, 0) is 39.5 Å². The van der Waals surface area contributed by atoms with Crippen LogP contribution in [0.5, 0.6) is 0 Å². The van der Waals surface area contributed by atoms with Crippen LogP contribution < -0.4 is 5.32 Å². The Morgan fingerprint density at radius 2 is 1.88 bits per heavy atom. The summed E-state index contributed by atoms with van der Waals surface area (Å²) in [5.41, 5.74) is -0.395. The van der Waals surface area contributed by atoms with Crippen LogP contribution >= 0.6 is 0 Å². The second-order valence-electron chi connectivity index (χ2n) is 6.07. The Kier molecular flexibility index (Phi) is 5.79. The van der Waals surface area contributed by atoms with E-state index >= 15 is 0 Å². The van der Waals surface area contributed by atoms with Crippen LogP contribution in [0.3, 0.4) is 0 Å². The smallest absolute Gasteiger partial charge is 0.407 e. The number of carbonyl (C=O) groups is 1. The predicted octanol–water partition coefficient (Wildman–Crippen LogP) is 3.87. The Hall–Kier alpha value is -0.730. The van der Waals surface area contributed by atoms with E-state index in [9.17, 15) is 4.79 Å². The minimum atomic E-state index is -0.395. The molecule has 0 spiro atoms. The van der Waals surface area contributed by atoms with E-state index in [2.05, 4.69) is 5.32 Å². The largest absolute Gasteiger partial charge is 0.444 e. The Morgan fingerprint density at radius 1 is 1.24 bits per heavy atom. The average Bonchev–Trinajstić information content (AvgIpc) is 2.23. The quantitative estimate of drug-likeness (QED) is 0.759. The predicted molar refractivity (Wildman–Crippen MR) is 70.0 cm³/mol. The monoisotopic (exact) mass is 241 g/mol. The molecule has 0 atom stereocenters. The second-order valence-corrected chi connectivity index (χ2v) is 6.07. The first-order valence-corrected chi connectivity index (χ1v) is 6.94. The molecule has 100 valence electrons. The molecule has 0 bridgehead atoms. The van der Waals surface area contributed by atoms with Gasteiger partial charge in [0.25, 0.3) is 0 Å². The third kappa shape index (κ3) is 7.24. The van der Waals surface area contributed by atoms with E-state index in [4.69, 9.17) is 4.74 Å². The molecule has 0 saturated heterocycles. The van der Waals surface area contributed by atoms with Crippen LogP contribution in [0.4, 0.5) is 4.79 Å². The molecule has 1 fully saturated rings. The molecular weight excluding hydrogens is 214 g/mol. The molecule has 0 heterocycles. The summed E-state index contributed by atoms with van der Waals surface area (Å²) < 4.78 is 5.18. The number of nitrogens with one attached hydrogen (secondary N) is 1. The summed E-state index contributed by atoms with van der Waals surface area (Å²) in [5, 5.41) is 2.82. The molecule has 0 radical (unpaired) electrons. The maximum atomic E-state index is 11.4. The zero-order valence-electron chi connectivity index (χ0n) is 11.6. The van der Waals surface area contributed by atoms with Crippen molar-refractivity contribution in [1.82, 2.24) is 5.32 Å². The van der Waals surface area contributed by atoms with Gasteiger partial charge >= 0.3 is 6.09 Å². The van der Waals surface area contributed by atoms with E-state index in [1.54, 1.807) is 0 Å². The molecule has 1 saturated carbocycles. The van der Waals surface area contributed by atoms with Crippen molar-refractivity contribution in [2.75, 3.05) is 6.54 Å². The number of ether oxygens (including phenoxy) is 1. The van der Waals surface area contributed by atoms with Gasteiger partial charge in [0.05, 0.1) is 0 Å². The lowest BCUT2D eigenvalue weighted by molar-refractivity contribution is 0.0526. The molecule has 3 heteroatoms. The van der Waals surface area contributed by atoms with Gasteiger partial charge in [-0.3, -0.25) is 0 Å². The molecule has 0 aromatic carbocycles. The van der Waals surface area contributed by atoms with E-state index in [0.717, 1.165) is 18.9 Å². The van der Waals surface area contributed by atoms with Crippen molar-refractivity contribution >= 4 is 6.09 Å². The minimum Gasteiger partial charge on any atom is -0.444 e. The van der Waals surface area contributed by atoms with Crippen molar-refractivity contribution in [1.29, 1.82) is 0 Å². The lowest BCUT2D eigenvalue weighted by atomic mass is 9.86. The van der Waals surface area contributed by atoms with Gasteiger partial charge in [-0.2, -0.15) is 0 Å². The van der Waals surface area contributed by atoms with E-state index < -0.39 is 5.60 Å². The maximum absolute atomic E-state index is 11.4. The van der Waals surface area contributed by atoms with E-state index in [-0.39, 0.29) is 6.09 Å². The summed E-state index contributed by atoms with van der Waals surface area (Å²) >= 11 is 0. The Labute approximate surface area is 105 Å². The number of amides is 1. The van der Waals surface area contributed by atoms with Crippen molar-refractivity contribution in [3.05, 3.63) is 0 Å². The molecule has 1 rings (SSSR count). The van der Waals surface area contributed by atoms with Crippen LogP contribution in [-0.2, 0) is 4.74 Å². The Morgan fingerprint density at radius 3 is 2.47 bits per heavy atom. The zero-order chi connectivity index (χ0) is 12.7. The summed E-state index contributed by atoms with van der Waals surface area (Å²) in [5.74, 6) is 0.893. The highest BCUT2D eigenvalue weighted by Gasteiger charge is 2.16. The highest BCUT2D eigenvalue weighted by Crippen LogP contribution is 2.26. The van der Waals surface area contributed by atoms with Gasteiger partial charge in [0.1, 0.15) is 5.60 Å². The van der Waals surface area contributed by atoms with Crippen LogP contribution in [0.1, 0.15) is 65.7 Å². The highest BCUT2D eigenvalue weighted by molar-refractivity contribution is 5.67. The van der Waals surface area contributed by atoms with Gasteiger partial charge in [-0.15, -0.1) is 0 Å². The third-order valence-electron chi connectivity index (χ3n) is 3.18. The normalized spacial score (nSPS) is 17.8. The van der Waals surface area contributed by atoms with Crippen LogP contribution in [0.15, 0.2) is 0 Å². The van der Waals surface area contributed by atoms with Crippen molar-refractivity contribution < 1.29 is 9.53 Å². The Balaban J connectivity index is 2.01. The van der Waals surface area contributed by atoms with Crippen LogP contribution in [0, 0.1) is 5.92 Å². The summed E-state index contributed by atoms with van der Waals surface area (Å²) in [6, 6.07) is 0. The molecule has 0 aliphatic heterocycles. The minimum absolute atomic E-state index is 0.291. The first-order valence-electron chi connectivity index (χ1n) is 6.94. The van der Waals surface area contributed by atoms with Crippen molar-refractivity contribution in [2.45, 2.75) is 71.3 Å². The summed E-state index contributed by atoms with van der Waals surface area (Å²) in [6.45, 7) is 6.39. The van der Waals surface area contributed by atoms with Gasteiger partial charge in [-0.1, -0.05) is 32.1 Å². The lowest BCUT2D eigenvalue weighted by Crippen LogP contribution is -2.33. The van der Waals surface area contributed by atoms with E-state index in [1.165, 1.54) is 38.5 Å². The number of alkyl carbamates (subject to hydrolysis) is 1. The second kappa shape index (κ2) is 6.87. The summed E-state index contributed by atoms with van der Waals surface area (Å²) in [4.78, 5) is 11.4. The van der Waals surface area contributed by atoms with Gasteiger partial charge in [-0.25, -0.2) is 4.79 Å². The van der Waals surface area contributed by atoms with Gasteiger partial charge in [0.2, 0.25) is 0 Å². The van der Waals surface area contributed by atoms with E-state index in [1.807, 2.05) is 20.8 Å². The fourth-order valence-corrected chi connectivity index (χ4v) is 2.37. The molecule has 1 aliphatic rings. The molecule has 3 nitrogen and oxygen atoms in total. The van der Waals surface area contributed by atoms with Gasteiger partial charge in [0.15, 0.2) is 0 Å². The first-order chi connectivity index (χ1) is 7.97. The maximum Gasteiger partial charge on any atom is 0.407 e. The highest BCUT2D eigenvalue weighted by atomic mass is 16.6. The van der Waals surface area contributed by atoms with Crippen LogP contribution in [0.2, 0.25) is 0 Å². The SMILES string of the molecule is CC(C)(C)OC(=O)NCCCC1CCCCC1. The molecule has 1 aliphatic carbocycles. The lowest BCUT2D eigenvalue weighted by Gasteiger charge is -2.22. The van der Waals surface area contributed by atoms with Crippen LogP contribution in [0.25, 0.3) is 0 Å². The standard InChI is InChI=1S/C14H27NO2/c1-14(2,3)17-13(16)15-11-7-10-12-8-5-4-6-9-12/h12H,4-11H2,1-3H3,(H,15,16). The number of hydrogen-bond acceptors (Lipinski definition) is 2. The molecule has 0 aromatic heterocycles. The molecular formula is C14H27NO2. The fourth-order valence-electron chi connectivity index (χ4n) is 2.37. The average molecular weight is 241 g/mol. The van der Waals surface area contributed by atoms with Crippen molar-refractivity contribution in [3.63, 3.8) is 0 Å². The summed E-state index contributed by atoms with van der Waals surface area (Å²) in [6.07, 6.45) is 8.99. The topological polar surface area (TPSA) is 38.3 Å². The molecule has 0 aromatic rings. The van der Waals surface area contributed by atoms with Gasteiger partial charge in [0, 0.05) is 6.54 Å². The third-order valence-corrected chi connectivity index (χ3v) is 3.18. The zero-order valence-corrected chi connectivity index (χ0v) is 11.6. The molecule has 0 unspecified atom stereocenters. The summed E-state index contributed by atoms with van der Waals surface area (Å²) in [7, 11) is 0. The van der Waals surface area contributed by atoms with Crippen LogP contribution in [-0.4, -0.2) is 18.2 Å². The molecule has 1 amide bonds. The number of hydrogen-bond donors (Lipinski definition) is 1. The number of rotatable bonds is 4. The fraction of sp³-hybridized carbons (Fsp3) is 0.929. The van der Waals surface area contributed by atoms with Crippen molar-refractivity contribution in [2.24, 2.45) is 5.92 Å². The Bertz CT molecular complexity index is 227.